The van der Waals surface area contributed by atoms with E-state index in [1.165, 1.54) is 19.3 Å². The average Bonchev–Trinajstić information content (AvgIpc) is 2.53. The second-order valence-corrected chi connectivity index (χ2v) is 6.76. The highest BCUT2D eigenvalue weighted by Crippen LogP contribution is 2.16. The van der Waals surface area contributed by atoms with Crippen LogP contribution >= 0.6 is 0 Å². The maximum Gasteiger partial charge on any atom is 0.306 e. The fourth-order valence-electron chi connectivity index (χ4n) is 2.74. The summed E-state index contributed by atoms with van der Waals surface area (Å²) in [5.41, 5.74) is 1.04. The van der Waals surface area contributed by atoms with Crippen molar-refractivity contribution in [3.8, 4) is 0 Å². The van der Waals surface area contributed by atoms with Crippen LogP contribution in [0.3, 0.4) is 0 Å². The van der Waals surface area contributed by atoms with Gasteiger partial charge < -0.3 is 10.1 Å². The Kier molecular flexibility index (Phi) is 10.4. The molecule has 0 amide bonds. The van der Waals surface area contributed by atoms with E-state index in [9.17, 15) is 4.79 Å². The minimum absolute atomic E-state index is 0.0881. The second kappa shape index (κ2) is 12.1. The van der Waals surface area contributed by atoms with Gasteiger partial charge in [-0.3, -0.25) is 4.79 Å². The Morgan fingerprint density at radius 1 is 1.17 bits per heavy atom. The number of rotatable bonds is 12. The van der Waals surface area contributed by atoms with Crippen molar-refractivity contribution < 1.29 is 9.53 Å². The molecule has 1 atom stereocenters. The van der Waals surface area contributed by atoms with Gasteiger partial charge in [-0.05, 0) is 43.3 Å². The van der Waals surface area contributed by atoms with Crippen LogP contribution in [-0.2, 0) is 16.1 Å². The van der Waals surface area contributed by atoms with Gasteiger partial charge in [0.05, 0.1) is 0 Å². The fraction of sp³-hybridized carbons (Fsp3) is 0.650. The molecule has 3 nitrogen and oxygen atoms in total. The molecule has 0 fully saturated rings. The van der Waals surface area contributed by atoms with Gasteiger partial charge in [0.1, 0.15) is 6.61 Å². The van der Waals surface area contributed by atoms with Crippen molar-refractivity contribution in [1.82, 2.24) is 5.32 Å². The van der Waals surface area contributed by atoms with Gasteiger partial charge in [0.15, 0.2) is 0 Å². The monoisotopic (exact) mass is 319 g/mol. The number of carbonyl (C=O) groups is 1. The first-order chi connectivity index (χ1) is 11.1. The van der Waals surface area contributed by atoms with Crippen molar-refractivity contribution in [2.45, 2.75) is 59.5 Å². The summed E-state index contributed by atoms with van der Waals surface area (Å²) in [4.78, 5) is 12.1. The summed E-state index contributed by atoms with van der Waals surface area (Å²) < 4.78 is 5.42. The van der Waals surface area contributed by atoms with Crippen molar-refractivity contribution in [2.24, 2.45) is 11.8 Å². The number of unbranched alkanes of at least 4 members (excludes halogenated alkanes) is 2. The van der Waals surface area contributed by atoms with Gasteiger partial charge in [-0.2, -0.15) is 0 Å². The van der Waals surface area contributed by atoms with Crippen molar-refractivity contribution in [1.29, 1.82) is 0 Å². The summed E-state index contributed by atoms with van der Waals surface area (Å²) in [5.74, 6) is 0.870. The maximum absolute atomic E-state index is 12.1. The van der Waals surface area contributed by atoms with Crippen LogP contribution in [0, 0.1) is 11.8 Å². The van der Waals surface area contributed by atoms with Crippen molar-refractivity contribution in [3.05, 3.63) is 35.9 Å². The largest absolute Gasteiger partial charge is 0.461 e. The molecular weight excluding hydrogens is 286 g/mol. The predicted molar refractivity (Wildman–Crippen MR) is 96.2 cm³/mol. The first-order valence-corrected chi connectivity index (χ1v) is 9.02. The third-order valence-electron chi connectivity index (χ3n) is 3.89. The summed E-state index contributed by atoms with van der Waals surface area (Å²) in [6, 6.07) is 9.85. The number of carbonyl (C=O) groups excluding carboxylic acids is 1. The normalized spacial score (nSPS) is 12.3. The first-order valence-electron chi connectivity index (χ1n) is 9.02. The van der Waals surface area contributed by atoms with Crippen LogP contribution in [0.2, 0.25) is 0 Å². The number of benzene rings is 1. The highest BCUT2D eigenvalue weighted by molar-refractivity contribution is 5.69. The molecule has 23 heavy (non-hydrogen) atoms. The van der Waals surface area contributed by atoms with E-state index in [1.54, 1.807) is 0 Å². The van der Waals surface area contributed by atoms with Gasteiger partial charge >= 0.3 is 5.97 Å². The fourth-order valence-corrected chi connectivity index (χ4v) is 2.74. The molecule has 0 bridgehead atoms. The molecule has 0 aliphatic heterocycles. The number of esters is 1. The zero-order valence-electron chi connectivity index (χ0n) is 15.0. The van der Waals surface area contributed by atoms with Crippen LogP contribution in [0.4, 0.5) is 0 Å². The lowest BCUT2D eigenvalue weighted by Gasteiger charge is -2.19. The summed E-state index contributed by atoms with van der Waals surface area (Å²) >= 11 is 0. The predicted octanol–water partition coefficient (Wildman–Crippen LogP) is 4.56. The Bertz CT molecular complexity index is 417. The first kappa shape index (κ1) is 19.7. The van der Waals surface area contributed by atoms with Gasteiger partial charge in [-0.1, -0.05) is 63.9 Å². The average molecular weight is 319 g/mol. The van der Waals surface area contributed by atoms with Crippen molar-refractivity contribution in [2.75, 3.05) is 13.1 Å². The van der Waals surface area contributed by atoms with Crippen LogP contribution < -0.4 is 5.32 Å². The minimum Gasteiger partial charge on any atom is -0.461 e. The number of nitrogens with one attached hydrogen (secondary N) is 1. The minimum atomic E-state index is -0.0881. The molecule has 1 rings (SSSR count). The van der Waals surface area contributed by atoms with E-state index < -0.39 is 0 Å². The Hall–Kier alpha value is -1.35. The van der Waals surface area contributed by atoms with Crippen LogP contribution in [0.5, 0.6) is 0 Å². The van der Waals surface area contributed by atoms with E-state index in [0.717, 1.165) is 25.1 Å². The molecule has 0 aliphatic rings. The SMILES string of the molecule is CCCCCNCC(CC(=O)OCc1ccccc1)CC(C)C. The summed E-state index contributed by atoms with van der Waals surface area (Å²) in [6.07, 6.45) is 5.28. The van der Waals surface area contributed by atoms with Gasteiger partial charge in [-0.15, -0.1) is 0 Å². The summed E-state index contributed by atoms with van der Waals surface area (Å²) in [7, 11) is 0. The lowest BCUT2D eigenvalue weighted by molar-refractivity contribution is -0.146. The Morgan fingerprint density at radius 2 is 1.91 bits per heavy atom. The van der Waals surface area contributed by atoms with Gasteiger partial charge in [-0.25, -0.2) is 0 Å². The quantitative estimate of drug-likeness (QED) is 0.453. The van der Waals surface area contributed by atoms with E-state index in [4.69, 9.17) is 4.74 Å². The van der Waals surface area contributed by atoms with Crippen molar-refractivity contribution >= 4 is 5.97 Å². The van der Waals surface area contributed by atoms with Crippen LogP contribution in [-0.4, -0.2) is 19.1 Å². The van der Waals surface area contributed by atoms with Crippen LogP contribution in [0.25, 0.3) is 0 Å². The maximum atomic E-state index is 12.1. The van der Waals surface area contributed by atoms with Gasteiger partial charge in [0.25, 0.3) is 0 Å². The molecule has 0 heterocycles. The molecule has 0 saturated carbocycles. The summed E-state index contributed by atoms with van der Waals surface area (Å²) in [5, 5.41) is 3.50. The molecular formula is C20H33NO2. The van der Waals surface area contributed by atoms with E-state index in [2.05, 4.69) is 26.1 Å². The van der Waals surface area contributed by atoms with Crippen LogP contribution in [0.15, 0.2) is 30.3 Å². The Morgan fingerprint density at radius 3 is 2.57 bits per heavy atom. The number of hydrogen-bond donors (Lipinski definition) is 1. The van der Waals surface area contributed by atoms with Gasteiger partial charge in [0.2, 0.25) is 0 Å². The highest BCUT2D eigenvalue weighted by atomic mass is 16.5. The number of hydrogen-bond acceptors (Lipinski definition) is 3. The molecule has 1 aromatic rings. The lowest BCUT2D eigenvalue weighted by atomic mass is 9.94. The van der Waals surface area contributed by atoms with E-state index in [0.29, 0.717) is 24.9 Å². The zero-order valence-corrected chi connectivity index (χ0v) is 15.0. The van der Waals surface area contributed by atoms with E-state index >= 15 is 0 Å². The Balaban J connectivity index is 2.31. The van der Waals surface area contributed by atoms with E-state index in [1.807, 2.05) is 30.3 Å². The van der Waals surface area contributed by atoms with E-state index in [-0.39, 0.29) is 5.97 Å². The molecule has 3 heteroatoms. The lowest BCUT2D eigenvalue weighted by Crippen LogP contribution is -2.27. The molecule has 1 unspecified atom stereocenters. The standard InChI is InChI=1S/C20H33NO2/c1-4-5-9-12-21-15-19(13-17(2)3)14-20(22)23-16-18-10-7-6-8-11-18/h6-8,10-11,17,19,21H,4-5,9,12-16H2,1-3H3. The molecule has 0 saturated heterocycles. The van der Waals surface area contributed by atoms with Crippen molar-refractivity contribution in [3.63, 3.8) is 0 Å². The molecule has 0 aromatic heterocycles. The molecule has 1 aromatic carbocycles. The van der Waals surface area contributed by atoms with Crippen LogP contribution in [0.1, 0.15) is 58.4 Å². The third-order valence-corrected chi connectivity index (χ3v) is 3.89. The molecule has 1 N–H and O–H groups in total. The molecule has 0 aliphatic carbocycles. The molecule has 0 spiro atoms. The van der Waals surface area contributed by atoms with Gasteiger partial charge in [0, 0.05) is 6.42 Å². The molecule has 130 valence electrons. The highest BCUT2D eigenvalue weighted by Gasteiger charge is 2.16. The zero-order chi connectivity index (χ0) is 16.9. The topological polar surface area (TPSA) is 38.3 Å². The third kappa shape index (κ3) is 10.1. The second-order valence-electron chi connectivity index (χ2n) is 6.76. The Labute approximate surface area is 141 Å². The molecule has 0 radical (unpaired) electrons. The smallest absolute Gasteiger partial charge is 0.306 e. The number of ether oxygens (including phenoxy) is 1. The summed E-state index contributed by atoms with van der Waals surface area (Å²) in [6.45, 7) is 8.95.